The van der Waals surface area contributed by atoms with Crippen molar-refractivity contribution in [2.24, 2.45) is 0 Å². The van der Waals surface area contributed by atoms with Crippen LogP contribution in [0.4, 0.5) is 4.39 Å². The van der Waals surface area contributed by atoms with E-state index in [1.165, 1.54) is 6.07 Å². The summed E-state index contributed by atoms with van der Waals surface area (Å²) in [6.45, 7) is 1.88. The van der Waals surface area contributed by atoms with E-state index in [-0.39, 0.29) is 22.5 Å². The van der Waals surface area contributed by atoms with E-state index >= 15 is 0 Å². The fourth-order valence-electron chi connectivity index (χ4n) is 1.72. The zero-order valence-electron chi connectivity index (χ0n) is 10.0. The smallest absolute Gasteiger partial charge is 0.242 e. The SMILES string of the molecule is O=S(=O)(NCC1COCCN1)c1cc(F)ccc1Cl. The molecule has 8 heteroatoms. The molecule has 0 radical (unpaired) electrons. The van der Waals surface area contributed by atoms with Gasteiger partial charge in [-0.1, -0.05) is 11.6 Å². The zero-order valence-corrected chi connectivity index (χ0v) is 11.6. The largest absolute Gasteiger partial charge is 0.378 e. The molecule has 0 aromatic heterocycles. The molecular formula is C11H14ClFN2O3S. The Balaban J connectivity index is 2.07. The molecule has 5 nitrogen and oxygen atoms in total. The molecule has 106 valence electrons. The molecule has 0 spiro atoms. The molecule has 1 fully saturated rings. The lowest BCUT2D eigenvalue weighted by Gasteiger charge is -2.23. The highest BCUT2D eigenvalue weighted by atomic mass is 35.5. The predicted molar refractivity (Wildman–Crippen MR) is 69.2 cm³/mol. The summed E-state index contributed by atoms with van der Waals surface area (Å²) in [6.07, 6.45) is 0. The van der Waals surface area contributed by atoms with E-state index < -0.39 is 15.8 Å². The van der Waals surface area contributed by atoms with E-state index in [2.05, 4.69) is 10.0 Å². The Hall–Kier alpha value is -0.730. The number of hydrogen-bond acceptors (Lipinski definition) is 4. The Morgan fingerprint density at radius 2 is 2.32 bits per heavy atom. The van der Waals surface area contributed by atoms with Crippen LogP contribution in [0.25, 0.3) is 0 Å². The molecule has 1 atom stereocenters. The molecule has 0 bridgehead atoms. The van der Waals surface area contributed by atoms with Gasteiger partial charge in [0.25, 0.3) is 0 Å². The molecule has 1 aliphatic rings. The minimum absolute atomic E-state index is 0.0123. The van der Waals surface area contributed by atoms with Crippen molar-refractivity contribution >= 4 is 21.6 Å². The molecule has 1 heterocycles. The van der Waals surface area contributed by atoms with E-state index in [1.807, 2.05) is 0 Å². The number of sulfonamides is 1. The first-order chi connectivity index (χ1) is 8.99. The third kappa shape index (κ3) is 3.87. The maximum absolute atomic E-state index is 13.1. The molecule has 19 heavy (non-hydrogen) atoms. The Morgan fingerprint density at radius 3 is 3.00 bits per heavy atom. The van der Waals surface area contributed by atoms with Crippen molar-refractivity contribution in [1.29, 1.82) is 0 Å². The van der Waals surface area contributed by atoms with Gasteiger partial charge in [-0.2, -0.15) is 0 Å². The molecule has 1 unspecified atom stereocenters. The second-order valence-corrected chi connectivity index (χ2v) is 6.30. The third-order valence-corrected chi connectivity index (χ3v) is 4.61. The van der Waals surface area contributed by atoms with Gasteiger partial charge in [-0.3, -0.25) is 0 Å². The van der Waals surface area contributed by atoms with Gasteiger partial charge >= 0.3 is 0 Å². The fourth-order valence-corrected chi connectivity index (χ4v) is 3.31. The fraction of sp³-hybridized carbons (Fsp3) is 0.455. The van der Waals surface area contributed by atoms with Crippen molar-refractivity contribution in [1.82, 2.24) is 10.0 Å². The summed E-state index contributed by atoms with van der Waals surface area (Å²) in [5.74, 6) is -0.649. The van der Waals surface area contributed by atoms with E-state index in [1.54, 1.807) is 0 Å². The van der Waals surface area contributed by atoms with Crippen molar-refractivity contribution in [2.75, 3.05) is 26.3 Å². The van der Waals surface area contributed by atoms with Crippen LogP contribution >= 0.6 is 11.6 Å². The summed E-state index contributed by atoms with van der Waals surface area (Å²) in [6, 6.07) is 3.12. The van der Waals surface area contributed by atoms with Crippen LogP contribution in [0.5, 0.6) is 0 Å². The summed E-state index contributed by atoms with van der Waals surface area (Å²) in [5, 5.41) is 3.10. The maximum atomic E-state index is 13.1. The van der Waals surface area contributed by atoms with Crippen LogP contribution in [0.1, 0.15) is 0 Å². The summed E-state index contributed by atoms with van der Waals surface area (Å²) in [7, 11) is -3.83. The second kappa shape index (κ2) is 6.15. The molecule has 1 aliphatic heterocycles. The standard InChI is InChI=1S/C11H14ClFN2O3S/c12-10-2-1-8(13)5-11(10)19(16,17)15-6-9-7-18-4-3-14-9/h1-2,5,9,14-15H,3-4,6-7H2. The quantitative estimate of drug-likeness (QED) is 0.861. The van der Waals surface area contributed by atoms with Crippen LogP contribution < -0.4 is 10.0 Å². The van der Waals surface area contributed by atoms with Gasteiger partial charge in [-0.15, -0.1) is 0 Å². The summed E-state index contributed by atoms with van der Waals surface area (Å²) in [4.78, 5) is -0.258. The van der Waals surface area contributed by atoms with Crippen molar-refractivity contribution in [2.45, 2.75) is 10.9 Å². The second-order valence-electron chi connectivity index (χ2n) is 4.15. The molecule has 2 N–H and O–H groups in total. The molecule has 0 saturated carbocycles. The first kappa shape index (κ1) is 14.7. The average Bonchev–Trinajstić information content (AvgIpc) is 2.40. The van der Waals surface area contributed by atoms with E-state index in [0.717, 1.165) is 12.1 Å². The van der Waals surface area contributed by atoms with Gasteiger partial charge in [0.1, 0.15) is 10.7 Å². The Morgan fingerprint density at radius 1 is 1.53 bits per heavy atom. The zero-order chi connectivity index (χ0) is 13.9. The average molecular weight is 309 g/mol. The summed E-state index contributed by atoms with van der Waals surface area (Å²) in [5.41, 5.74) is 0. The topological polar surface area (TPSA) is 67.4 Å². The molecule has 0 aliphatic carbocycles. The molecular weight excluding hydrogens is 295 g/mol. The maximum Gasteiger partial charge on any atom is 0.242 e. The van der Waals surface area contributed by atoms with Gasteiger partial charge in [0.2, 0.25) is 10.0 Å². The number of benzene rings is 1. The normalized spacial score (nSPS) is 20.4. The van der Waals surface area contributed by atoms with Crippen molar-refractivity contribution in [3.63, 3.8) is 0 Å². The van der Waals surface area contributed by atoms with Gasteiger partial charge in [-0.25, -0.2) is 17.5 Å². The summed E-state index contributed by atoms with van der Waals surface area (Å²) < 4.78 is 44.7. The van der Waals surface area contributed by atoms with Gasteiger partial charge in [-0.05, 0) is 18.2 Å². The minimum Gasteiger partial charge on any atom is -0.378 e. The van der Waals surface area contributed by atoms with E-state index in [0.29, 0.717) is 19.8 Å². The monoisotopic (exact) mass is 308 g/mol. The third-order valence-electron chi connectivity index (χ3n) is 2.70. The van der Waals surface area contributed by atoms with Crippen molar-refractivity contribution < 1.29 is 17.5 Å². The van der Waals surface area contributed by atoms with E-state index in [9.17, 15) is 12.8 Å². The highest BCUT2D eigenvalue weighted by molar-refractivity contribution is 7.89. The van der Waals surface area contributed by atoms with Crippen LogP contribution in [-0.2, 0) is 14.8 Å². The highest BCUT2D eigenvalue weighted by Crippen LogP contribution is 2.21. The lowest BCUT2D eigenvalue weighted by molar-refractivity contribution is 0.0784. The number of nitrogens with one attached hydrogen (secondary N) is 2. The van der Waals surface area contributed by atoms with Gasteiger partial charge in [0.05, 0.1) is 18.2 Å². The molecule has 1 aromatic rings. The predicted octanol–water partition coefficient (Wildman–Crippen LogP) is 0.746. The molecule has 1 aromatic carbocycles. The van der Waals surface area contributed by atoms with Gasteiger partial charge in [0.15, 0.2) is 0 Å². The number of ether oxygens (including phenoxy) is 1. The lowest BCUT2D eigenvalue weighted by Crippen LogP contribution is -2.48. The van der Waals surface area contributed by atoms with Crippen LogP contribution in [0.15, 0.2) is 23.1 Å². The van der Waals surface area contributed by atoms with Gasteiger partial charge < -0.3 is 10.1 Å². The number of hydrogen-bond donors (Lipinski definition) is 2. The molecule has 1 saturated heterocycles. The van der Waals surface area contributed by atoms with E-state index in [4.69, 9.17) is 16.3 Å². The van der Waals surface area contributed by atoms with Crippen LogP contribution in [0, 0.1) is 5.82 Å². The lowest BCUT2D eigenvalue weighted by atomic mass is 10.3. The van der Waals surface area contributed by atoms with Crippen LogP contribution in [0.2, 0.25) is 5.02 Å². The van der Waals surface area contributed by atoms with Crippen LogP contribution in [-0.4, -0.2) is 40.8 Å². The summed E-state index contributed by atoms with van der Waals surface area (Å²) >= 11 is 5.78. The minimum atomic E-state index is -3.83. The highest BCUT2D eigenvalue weighted by Gasteiger charge is 2.21. The van der Waals surface area contributed by atoms with Crippen molar-refractivity contribution in [3.05, 3.63) is 29.0 Å². The van der Waals surface area contributed by atoms with Gasteiger partial charge in [0, 0.05) is 19.1 Å². The molecule has 0 amide bonds. The van der Waals surface area contributed by atoms with Crippen molar-refractivity contribution in [3.8, 4) is 0 Å². The number of rotatable bonds is 4. The molecule has 2 rings (SSSR count). The number of halogens is 2. The number of morpholine rings is 1. The Labute approximate surface area is 116 Å². The first-order valence-electron chi connectivity index (χ1n) is 5.75. The Kier molecular flexibility index (Phi) is 4.75. The first-order valence-corrected chi connectivity index (χ1v) is 7.61. The Bertz CT molecular complexity index is 547. The van der Waals surface area contributed by atoms with Crippen LogP contribution in [0.3, 0.4) is 0 Å².